The van der Waals surface area contributed by atoms with Gasteiger partial charge in [0.15, 0.2) is 0 Å². The molecule has 0 unspecified atom stereocenters. The minimum Gasteiger partial charge on any atom is -0.466 e. The molecule has 0 spiro atoms. The minimum atomic E-state index is -0.134. The molecule has 0 saturated carbocycles. The summed E-state index contributed by atoms with van der Waals surface area (Å²) in [6.07, 6.45) is 1.25. The number of rotatable bonds is 7. The van der Waals surface area contributed by atoms with Crippen LogP contribution in [0.5, 0.6) is 0 Å². The summed E-state index contributed by atoms with van der Waals surface area (Å²) in [7, 11) is 2.01. The maximum absolute atomic E-state index is 11.2. The molecular formula is C14H19Cl2NO2. The Hall–Kier alpha value is -0.770. The lowest BCUT2D eigenvalue weighted by Crippen LogP contribution is -2.20. The van der Waals surface area contributed by atoms with Gasteiger partial charge in [-0.3, -0.25) is 4.79 Å². The number of hydrogen-bond donors (Lipinski definition) is 0. The molecule has 0 aromatic heterocycles. The molecule has 1 rings (SSSR count). The maximum atomic E-state index is 11.2. The van der Waals surface area contributed by atoms with Gasteiger partial charge in [-0.1, -0.05) is 29.3 Å². The van der Waals surface area contributed by atoms with Crippen molar-refractivity contribution < 1.29 is 9.53 Å². The van der Waals surface area contributed by atoms with Crippen LogP contribution >= 0.6 is 23.2 Å². The van der Waals surface area contributed by atoms with E-state index < -0.39 is 0 Å². The average Bonchev–Trinajstić information content (AvgIpc) is 2.34. The molecule has 0 aliphatic heterocycles. The van der Waals surface area contributed by atoms with Crippen molar-refractivity contribution in [2.45, 2.75) is 26.3 Å². The summed E-state index contributed by atoms with van der Waals surface area (Å²) < 4.78 is 4.88. The predicted octanol–water partition coefficient (Wildman–Crippen LogP) is 3.77. The van der Waals surface area contributed by atoms with E-state index in [1.165, 1.54) is 0 Å². The third-order valence-corrected chi connectivity index (χ3v) is 3.40. The van der Waals surface area contributed by atoms with Gasteiger partial charge in [-0.2, -0.15) is 0 Å². The smallest absolute Gasteiger partial charge is 0.305 e. The molecule has 0 aliphatic carbocycles. The number of carbonyl (C=O) groups excluding carboxylic acids is 1. The Labute approximate surface area is 124 Å². The highest BCUT2D eigenvalue weighted by atomic mass is 35.5. The van der Waals surface area contributed by atoms with Gasteiger partial charge in [-0.05, 0) is 44.6 Å². The lowest BCUT2D eigenvalue weighted by atomic mass is 10.2. The van der Waals surface area contributed by atoms with E-state index in [0.717, 1.165) is 25.1 Å². The Bertz CT molecular complexity index is 424. The van der Waals surface area contributed by atoms with Crippen LogP contribution < -0.4 is 0 Å². The lowest BCUT2D eigenvalue weighted by molar-refractivity contribution is -0.143. The Morgan fingerprint density at radius 3 is 2.68 bits per heavy atom. The summed E-state index contributed by atoms with van der Waals surface area (Å²) in [5, 5.41) is 1.13. The summed E-state index contributed by atoms with van der Waals surface area (Å²) in [6.45, 7) is 3.87. The van der Waals surface area contributed by atoms with Crippen LogP contribution in [0.25, 0.3) is 0 Å². The highest BCUT2D eigenvalue weighted by molar-refractivity contribution is 6.42. The first-order chi connectivity index (χ1) is 9.02. The van der Waals surface area contributed by atoms with E-state index in [9.17, 15) is 4.79 Å². The number of nitrogens with zero attached hydrogens (tertiary/aromatic N) is 1. The van der Waals surface area contributed by atoms with Gasteiger partial charge >= 0.3 is 5.97 Å². The Kier molecular flexibility index (Phi) is 7.21. The summed E-state index contributed by atoms with van der Waals surface area (Å²) in [5.41, 5.74) is 1.10. The lowest BCUT2D eigenvalue weighted by Gasteiger charge is -2.16. The number of esters is 1. The molecule has 0 N–H and O–H groups in total. The molecule has 0 radical (unpaired) electrons. The van der Waals surface area contributed by atoms with Crippen molar-refractivity contribution in [3.8, 4) is 0 Å². The average molecular weight is 304 g/mol. The molecule has 3 nitrogen and oxygen atoms in total. The molecule has 5 heteroatoms. The van der Waals surface area contributed by atoms with Gasteiger partial charge in [0.2, 0.25) is 0 Å². The SMILES string of the molecule is CCOC(=O)CCCN(C)Cc1ccc(Cl)c(Cl)c1. The highest BCUT2D eigenvalue weighted by Gasteiger charge is 2.05. The van der Waals surface area contributed by atoms with Crippen LogP contribution in [-0.4, -0.2) is 31.1 Å². The maximum Gasteiger partial charge on any atom is 0.305 e. The second kappa shape index (κ2) is 8.41. The fourth-order valence-electron chi connectivity index (χ4n) is 1.76. The van der Waals surface area contributed by atoms with Crippen LogP contribution in [0.2, 0.25) is 10.0 Å². The minimum absolute atomic E-state index is 0.134. The number of ether oxygens (including phenoxy) is 1. The Morgan fingerprint density at radius 1 is 1.32 bits per heavy atom. The second-order valence-corrected chi connectivity index (χ2v) is 5.21. The fraction of sp³-hybridized carbons (Fsp3) is 0.500. The molecule has 0 bridgehead atoms. The van der Waals surface area contributed by atoms with Gasteiger partial charge < -0.3 is 9.64 Å². The largest absolute Gasteiger partial charge is 0.466 e. The van der Waals surface area contributed by atoms with Crippen molar-refractivity contribution in [3.63, 3.8) is 0 Å². The van der Waals surface area contributed by atoms with Crippen LogP contribution in [0.15, 0.2) is 18.2 Å². The molecule has 1 aromatic carbocycles. The second-order valence-electron chi connectivity index (χ2n) is 4.39. The Morgan fingerprint density at radius 2 is 2.05 bits per heavy atom. The van der Waals surface area contributed by atoms with E-state index in [4.69, 9.17) is 27.9 Å². The number of benzene rings is 1. The van der Waals surface area contributed by atoms with Crippen LogP contribution in [-0.2, 0) is 16.1 Å². The molecule has 0 fully saturated rings. The van der Waals surface area contributed by atoms with Crippen molar-refractivity contribution in [1.29, 1.82) is 0 Å². The summed E-state index contributed by atoms with van der Waals surface area (Å²) in [6, 6.07) is 5.62. The number of hydrogen-bond acceptors (Lipinski definition) is 3. The van der Waals surface area contributed by atoms with Gasteiger partial charge in [-0.15, -0.1) is 0 Å². The van der Waals surface area contributed by atoms with Crippen molar-refractivity contribution in [2.75, 3.05) is 20.2 Å². The van der Waals surface area contributed by atoms with Crippen molar-refractivity contribution in [3.05, 3.63) is 33.8 Å². The fourth-order valence-corrected chi connectivity index (χ4v) is 2.08. The third-order valence-electron chi connectivity index (χ3n) is 2.66. The first-order valence-corrected chi connectivity index (χ1v) is 7.06. The Balaban J connectivity index is 2.32. The zero-order valence-electron chi connectivity index (χ0n) is 11.3. The van der Waals surface area contributed by atoms with Crippen LogP contribution in [0.4, 0.5) is 0 Å². The molecule has 106 valence electrons. The zero-order valence-corrected chi connectivity index (χ0v) is 12.8. The van der Waals surface area contributed by atoms with Gasteiger partial charge in [-0.25, -0.2) is 0 Å². The van der Waals surface area contributed by atoms with E-state index in [0.29, 0.717) is 23.1 Å². The van der Waals surface area contributed by atoms with Crippen molar-refractivity contribution in [2.24, 2.45) is 0 Å². The quantitative estimate of drug-likeness (QED) is 0.718. The monoisotopic (exact) mass is 303 g/mol. The molecule has 19 heavy (non-hydrogen) atoms. The molecule has 0 amide bonds. The van der Waals surface area contributed by atoms with E-state index in [1.807, 2.05) is 26.1 Å². The van der Waals surface area contributed by atoms with E-state index in [-0.39, 0.29) is 5.97 Å². The topological polar surface area (TPSA) is 29.5 Å². The molecule has 0 heterocycles. The third kappa shape index (κ3) is 6.28. The van der Waals surface area contributed by atoms with Gasteiger partial charge in [0.1, 0.15) is 0 Å². The molecule has 0 saturated heterocycles. The highest BCUT2D eigenvalue weighted by Crippen LogP contribution is 2.23. The molecule has 0 atom stereocenters. The van der Waals surface area contributed by atoms with Gasteiger partial charge in [0.25, 0.3) is 0 Å². The molecular weight excluding hydrogens is 285 g/mol. The summed E-state index contributed by atoms with van der Waals surface area (Å²) >= 11 is 11.8. The number of carbonyl (C=O) groups is 1. The van der Waals surface area contributed by atoms with E-state index in [1.54, 1.807) is 6.07 Å². The standard InChI is InChI=1S/C14H19Cl2NO2/c1-3-19-14(18)5-4-8-17(2)10-11-6-7-12(15)13(16)9-11/h6-7,9H,3-5,8,10H2,1-2H3. The van der Waals surface area contributed by atoms with Gasteiger partial charge in [0.05, 0.1) is 16.7 Å². The van der Waals surface area contributed by atoms with E-state index in [2.05, 4.69) is 4.90 Å². The van der Waals surface area contributed by atoms with E-state index >= 15 is 0 Å². The zero-order chi connectivity index (χ0) is 14.3. The number of halogens is 2. The van der Waals surface area contributed by atoms with Crippen LogP contribution in [0, 0.1) is 0 Å². The molecule has 1 aromatic rings. The van der Waals surface area contributed by atoms with Gasteiger partial charge in [0, 0.05) is 13.0 Å². The summed E-state index contributed by atoms with van der Waals surface area (Å²) in [4.78, 5) is 13.3. The van der Waals surface area contributed by atoms with Crippen LogP contribution in [0.3, 0.4) is 0 Å². The first-order valence-electron chi connectivity index (χ1n) is 6.31. The van der Waals surface area contributed by atoms with Crippen molar-refractivity contribution in [1.82, 2.24) is 4.90 Å². The molecule has 0 aliphatic rings. The normalized spacial score (nSPS) is 10.8. The van der Waals surface area contributed by atoms with Crippen LogP contribution in [0.1, 0.15) is 25.3 Å². The van der Waals surface area contributed by atoms with Crippen molar-refractivity contribution >= 4 is 29.2 Å². The summed E-state index contributed by atoms with van der Waals surface area (Å²) in [5.74, 6) is -0.134. The predicted molar refractivity (Wildman–Crippen MR) is 78.7 cm³/mol. The first kappa shape index (κ1) is 16.3.